The first kappa shape index (κ1) is 25.7. The number of likely N-dealkylation sites (tertiary alicyclic amines) is 1. The normalized spacial score (nSPS) is 14.2. The Kier molecular flexibility index (Phi) is 8.61. The number of carbonyl (C=O) groups excluding carboxylic acids is 1. The standard InChI is InChI=1S/C28H33N3O4S/c1-35-26-14-10-13-25(19-26)31(36(33,34)27-15-4-2-5-16-27)22-28(32)29-20-23-11-6-7-12-24(23)21-30-17-8-3-9-18-30/h2,4-7,10-16,19H,3,8-9,17-18,20-22H2,1H3,(H,29,32). The van der Waals surface area contributed by atoms with Crippen molar-refractivity contribution in [2.75, 3.05) is 31.0 Å². The van der Waals surface area contributed by atoms with E-state index < -0.39 is 10.0 Å². The van der Waals surface area contributed by atoms with E-state index in [0.29, 0.717) is 18.0 Å². The molecule has 0 spiro atoms. The third-order valence-electron chi connectivity index (χ3n) is 6.40. The van der Waals surface area contributed by atoms with Crippen LogP contribution < -0.4 is 14.4 Å². The molecule has 4 rings (SSSR count). The van der Waals surface area contributed by atoms with Crippen molar-refractivity contribution >= 4 is 21.6 Å². The van der Waals surface area contributed by atoms with Crippen molar-refractivity contribution in [2.45, 2.75) is 37.2 Å². The second-order valence-electron chi connectivity index (χ2n) is 8.91. The van der Waals surface area contributed by atoms with Crippen molar-refractivity contribution in [1.82, 2.24) is 10.2 Å². The van der Waals surface area contributed by atoms with Crippen molar-refractivity contribution in [3.63, 3.8) is 0 Å². The average molecular weight is 508 g/mol. The van der Waals surface area contributed by atoms with Gasteiger partial charge in [-0.1, -0.05) is 55.0 Å². The molecule has 0 saturated carbocycles. The number of hydrogen-bond donors (Lipinski definition) is 1. The molecule has 7 nitrogen and oxygen atoms in total. The predicted molar refractivity (Wildman–Crippen MR) is 141 cm³/mol. The van der Waals surface area contributed by atoms with E-state index in [1.807, 2.05) is 18.2 Å². The van der Waals surface area contributed by atoms with Crippen LogP contribution in [-0.4, -0.2) is 46.0 Å². The van der Waals surface area contributed by atoms with Gasteiger partial charge in [0.1, 0.15) is 12.3 Å². The van der Waals surface area contributed by atoms with Gasteiger partial charge >= 0.3 is 0 Å². The van der Waals surface area contributed by atoms with E-state index >= 15 is 0 Å². The molecular formula is C28H33N3O4S. The first-order valence-corrected chi connectivity index (χ1v) is 13.7. The maximum Gasteiger partial charge on any atom is 0.264 e. The van der Waals surface area contributed by atoms with Crippen LogP contribution >= 0.6 is 0 Å². The maximum atomic E-state index is 13.5. The molecule has 190 valence electrons. The molecule has 3 aromatic carbocycles. The van der Waals surface area contributed by atoms with E-state index in [2.05, 4.69) is 16.3 Å². The zero-order chi connectivity index (χ0) is 25.4. The lowest BCUT2D eigenvalue weighted by molar-refractivity contribution is -0.119. The minimum atomic E-state index is -3.97. The molecule has 0 aliphatic carbocycles. The van der Waals surface area contributed by atoms with Gasteiger partial charge in [-0.15, -0.1) is 0 Å². The number of piperidine rings is 1. The highest BCUT2D eigenvalue weighted by Gasteiger charge is 2.27. The second kappa shape index (κ2) is 12.1. The SMILES string of the molecule is COc1cccc(N(CC(=O)NCc2ccccc2CN2CCCCC2)S(=O)(=O)c2ccccc2)c1. The average Bonchev–Trinajstić information content (AvgIpc) is 2.92. The van der Waals surface area contributed by atoms with E-state index in [0.717, 1.165) is 29.5 Å². The van der Waals surface area contributed by atoms with Gasteiger partial charge in [-0.3, -0.25) is 14.0 Å². The van der Waals surface area contributed by atoms with Gasteiger partial charge in [0.15, 0.2) is 0 Å². The zero-order valence-corrected chi connectivity index (χ0v) is 21.4. The molecule has 1 N–H and O–H groups in total. The molecular weight excluding hydrogens is 474 g/mol. The summed E-state index contributed by atoms with van der Waals surface area (Å²) in [5.41, 5.74) is 2.58. The highest BCUT2D eigenvalue weighted by atomic mass is 32.2. The van der Waals surface area contributed by atoms with Crippen molar-refractivity contribution in [1.29, 1.82) is 0 Å². The van der Waals surface area contributed by atoms with Gasteiger partial charge in [0.25, 0.3) is 10.0 Å². The fourth-order valence-corrected chi connectivity index (χ4v) is 5.86. The lowest BCUT2D eigenvalue weighted by Gasteiger charge is -2.27. The van der Waals surface area contributed by atoms with Crippen LogP contribution in [0.25, 0.3) is 0 Å². The van der Waals surface area contributed by atoms with E-state index in [1.165, 1.54) is 44.1 Å². The van der Waals surface area contributed by atoms with Gasteiger partial charge in [-0.25, -0.2) is 8.42 Å². The smallest absolute Gasteiger partial charge is 0.264 e. The molecule has 1 fully saturated rings. The third-order valence-corrected chi connectivity index (χ3v) is 8.18. The summed E-state index contributed by atoms with van der Waals surface area (Å²) in [5, 5.41) is 2.93. The van der Waals surface area contributed by atoms with E-state index in [4.69, 9.17) is 4.74 Å². The van der Waals surface area contributed by atoms with Gasteiger partial charge in [-0.05, 0) is 61.3 Å². The lowest BCUT2D eigenvalue weighted by atomic mass is 10.0. The number of anilines is 1. The number of sulfonamides is 1. The molecule has 1 saturated heterocycles. The predicted octanol–water partition coefficient (Wildman–Crippen LogP) is 4.19. The number of amides is 1. The first-order valence-electron chi connectivity index (χ1n) is 12.2. The van der Waals surface area contributed by atoms with Crippen molar-refractivity contribution in [3.8, 4) is 5.75 Å². The zero-order valence-electron chi connectivity index (χ0n) is 20.6. The van der Waals surface area contributed by atoms with Crippen LogP contribution in [0.1, 0.15) is 30.4 Å². The summed E-state index contributed by atoms with van der Waals surface area (Å²) in [7, 11) is -2.46. The number of nitrogens with zero attached hydrogens (tertiary/aromatic N) is 2. The highest BCUT2D eigenvalue weighted by Crippen LogP contribution is 2.27. The van der Waals surface area contributed by atoms with Crippen LogP contribution in [0.5, 0.6) is 5.75 Å². The van der Waals surface area contributed by atoms with Gasteiger partial charge in [0.2, 0.25) is 5.91 Å². The number of methoxy groups -OCH3 is 1. The summed E-state index contributed by atoms with van der Waals surface area (Å²) in [4.78, 5) is 15.6. The second-order valence-corrected chi connectivity index (χ2v) is 10.8. The Morgan fingerprint density at radius 1 is 0.917 bits per heavy atom. The molecule has 3 aromatic rings. The summed E-state index contributed by atoms with van der Waals surface area (Å²) in [5.74, 6) is 0.123. The first-order chi connectivity index (χ1) is 17.5. The Morgan fingerprint density at radius 2 is 1.61 bits per heavy atom. The summed E-state index contributed by atoms with van der Waals surface area (Å²) in [6.07, 6.45) is 3.72. The van der Waals surface area contributed by atoms with Gasteiger partial charge < -0.3 is 10.1 Å². The Balaban J connectivity index is 1.51. The Labute approximate surface area is 213 Å². The Bertz CT molecular complexity index is 1260. The fourth-order valence-electron chi connectivity index (χ4n) is 4.42. The lowest BCUT2D eigenvalue weighted by Crippen LogP contribution is -2.40. The van der Waals surface area contributed by atoms with E-state index in [1.54, 1.807) is 42.5 Å². The number of rotatable bonds is 10. The fraction of sp³-hybridized carbons (Fsp3) is 0.321. The minimum absolute atomic E-state index is 0.118. The Hall–Kier alpha value is -3.36. The van der Waals surface area contributed by atoms with Crippen LogP contribution in [0.15, 0.2) is 83.8 Å². The summed E-state index contributed by atoms with van der Waals surface area (Å²) in [6, 6.07) is 22.9. The van der Waals surface area contributed by atoms with Crippen LogP contribution in [0.4, 0.5) is 5.69 Å². The van der Waals surface area contributed by atoms with E-state index in [9.17, 15) is 13.2 Å². The van der Waals surface area contributed by atoms with Crippen molar-refractivity contribution in [3.05, 3.63) is 90.0 Å². The number of benzene rings is 3. The molecule has 0 aromatic heterocycles. The molecule has 1 aliphatic heterocycles. The largest absolute Gasteiger partial charge is 0.497 e. The number of nitrogens with one attached hydrogen (secondary N) is 1. The van der Waals surface area contributed by atoms with E-state index in [-0.39, 0.29) is 17.3 Å². The number of ether oxygens (including phenoxy) is 1. The molecule has 8 heteroatoms. The minimum Gasteiger partial charge on any atom is -0.497 e. The topological polar surface area (TPSA) is 79.0 Å². The monoisotopic (exact) mass is 507 g/mol. The quantitative estimate of drug-likeness (QED) is 0.445. The molecule has 0 unspecified atom stereocenters. The number of hydrogen-bond acceptors (Lipinski definition) is 5. The maximum absolute atomic E-state index is 13.5. The number of carbonyl (C=O) groups is 1. The van der Waals surface area contributed by atoms with Crippen LogP contribution in [0.2, 0.25) is 0 Å². The van der Waals surface area contributed by atoms with Crippen LogP contribution in [0, 0.1) is 0 Å². The molecule has 0 radical (unpaired) electrons. The molecule has 0 atom stereocenters. The molecule has 1 heterocycles. The van der Waals surface area contributed by atoms with Gasteiger partial charge in [0.05, 0.1) is 17.7 Å². The van der Waals surface area contributed by atoms with Crippen LogP contribution in [-0.2, 0) is 27.9 Å². The Morgan fingerprint density at radius 3 is 2.33 bits per heavy atom. The summed E-state index contributed by atoms with van der Waals surface area (Å²) >= 11 is 0. The van der Waals surface area contributed by atoms with Gasteiger partial charge in [-0.2, -0.15) is 0 Å². The molecule has 0 bridgehead atoms. The molecule has 1 aliphatic rings. The molecule has 36 heavy (non-hydrogen) atoms. The van der Waals surface area contributed by atoms with Crippen molar-refractivity contribution in [2.24, 2.45) is 0 Å². The molecule has 1 amide bonds. The summed E-state index contributed by atoms with van der Waals surface area (Å²) in [6.45, 7) is 3.02. The highest BCUT2D eigenvalue weighted by molar-refractivity contribution is 7.92. The third kappa shape index (κ3) is 6.44. The summed E-state index contributed by atoms with van der Waals surface area (Å²) < 4.78 is 33.4. The van der Waals surface area contributed by atoms with Crippen molar-refractivity contribution < 1.29 is 17.9 Å². The van der Waals surface area contributed by atoms with Gasteiger partial charge in [0, 0.05) is 19.2 Å². The van der Waals surface area contributed by atoms with Crippen LogP contribution in [0.3, 0.4) is 0 Å².